The molecule has 22 heavy (non-hydrogen) atoms. The molecule has 2 bridgehead atoms. The van der Waals surface area contributed by atoms with E-state index in [0.29, 0.717) is 18.0 Å². The zero-order chi connectivity index (χ0) is 15.1. The molecule has 2 atom stereocenters. The third-order valence-corrected chi connectivity index (χ3v) is 4.83. The minimum absolute atomic E-state index is 0.551. The van der Waals surface area contributed by atoms with Gasteiger partial charge in [-0.1, -0.05) is 0 Å². The second-order valence-electron chi connectivity index (χ2n) is 6.03. The Labute approximate surface area is 129 Å². The third kappa shape index (κ3) is 2.10. The Morgan fingerprint density at radius 1 is 1.27 bits per heavy atom. The number of fused-ring (bicyclic) bond motifs is 3. The van der Waals surface area contributed by atoms with E-state index in [0.717, 1.165) is 37.2 Å². The molecule has 2 saturated heterocycles. The normalized spacial score (nSPS) is 24.4. The predicted octanol–water partition coefficient (Wildman–Crippen LogP) is 0.860. The minimum atomic E-state index is 0.551. The summed E-state index contributed by atoms with van der Waals surface area (Å²) in [6.07, 6.45) is 3.09. The van der Waals surface area contributed by atoms with E-state index >= 15 is 0 Å². The lowest BCUT2D eigenvalue weighted by atomic mass is 10.2. The first-order valence-electron chi connectivity index (χ1n) is 7.80. The second kappa shape index (κ2) is 5.37. The molecule has 0 saturated carbocycles. The van der Waals surface area contributed by atoms with Crippen molar-refractivity contribution in [2.45, 2.75) is 18.5 Å². The van der Waals surface area contributed by atoms with Gasteiger partial charge in [0.15, 0.2) is 0 Å². The summed E-state index contributed by atoms with van der Waals surface area (Å²) in [5, 5.41) is 0. The van der Waals surface area contributed by atoms with Crippen molar-refractivity contribution in [3.05, 3.63) is 24.4 Å². The molecule has 116 valence electrons. The van der Waals surface area contributed by atoms with Crippen LogP contribution in [0.3, 0.4) is 0 Å². The molecule has 0 amide bonds. The molecule has 0 aromatic carbocycles. The fourth-order valence-corrected chi connectivity index (χ4v) is 3.82. The standard InChI is InChI=1S/C16H21N5O/c1-22-15-3-2-13-16(19-15)14(4-6-18-13)21-10-11-8-12(21)9-20(11)7-5-17/h2-4,6,11-12H,5,7-10,17H2,1H3. The Morgan fingerprint density at radius 3 is 2.91 bits per heavy atom. The lowest BCUT2D eigenvalue weighted by Gasteiger charge is -2.35. The maximum Gasteiger partial charge on any atom is 0.213 e. The highest BCUT2D eigenvalue weighted by atomic mass is 16.5. The number of pyridine rings is 2. The van der Waals surface area contributed by atoms with E-state index in [2.05, 4.69) is 25.8 Å². The van der Waals surface area contributed by atoms with Gasteiger partial charge in [0.05, 0.1) is 18.3 Å². The smallest absolute Gasteiger partial charge is 0.213 e. The average Bonchev–Trinajstić information content (AvgIpc) is 3.14. The molecule has 2 aliphatic rings. The maximum atomic E-state index is 5.70. The predicted molar refractivity (Wildman–Crippen MR) is 86.3 cm³/mol. The van der Waals surface area contributed by atoms with Gasteiger partial charge in [-0.05, 0) is 18.6 Å². The minimum Gasteiger partial charge on any atom is -0.481 e. The van der Waals surface area contributed by atoms with Crippen molar-refractivity contribution in [2.75, 3.05) is 38.2 Å². The fourth-order valence-electron chi connectivity index (χ4n) is 3.82. The van der Waals surface area contributed by atoms with Crippen LogP contribution in [0.4, 0.5) is 5.69 Å². The van der Waals surface area contributed by atoms with Crippen LogP contribution >= 0.6 is 0 Å². The summed E-state index contributed by atoms with van der Waals surface area (Å²) in [7, 11) is 1.65. The van der Waals surface area contributed by atoms with Crippen molar-refractivity contribution in [2.24, 2.45) is 5.73 Å². The molecule has 0 aliphatic carbocycles. The van der Waals surface area contributed by atoms with Crippen molar-refractivity contribution >= 4 is 16.7 Å². The van der Waals surface area contributed by atoms with E-state index in [9.17, 15) is 0 Å². The highest BCUT2D eigenvalue weighted by Crippen LogP contribution is 2.37. The first kappa shape index (κ1) is 13.7. The highest BCUT2D eigenvalue weighted by molar-refractivity contribution is 5.88. The van der Waals surface area contributed by atoms with E-state index < -0.39 is 0 Å². The third-order valence-electron chi connectivity index (χ3n) is 4.83. The number of nitrogens with zero attached hydrogens (tertiary/aromatic N) is 4. The van der Waals surface area contributed by atoms with Crippen LogP contribution in [-0.4, -0.2) is 60.2 Å². The van der Waals surface area contributed by atoms with Gasteiger partial charge in [-0.3, -0.25) is 9.88 Å². The van der Waals surface area contributed by atoms with Crippen LogP contribution < -0.4 is 15.4 Å². The van der Waals surface area contributed by atoms with Crippen molar-refractivity contribution < 1.29 is 4.74 Å². The molecule has 0 radical (unpaired) electrons. The lowest BCUT2D eigenvalue weighted by Crippen LogP contribution is -2.47. The first-order valence-corrected chi connectivity index (χ1v) is 7.80. The molecular weight excluding hydrogens is 278 g/mol. The topological polar surface area (TPSA) is 67.5 Å². The number of hydrogen-bond donors (Lipinski definition) is 1. The lowest BCUT2D eigenvalue weighted by molar-refractivity contribution is 0.245. The Kier molecular flexibility index (Phi) is 3.35. The van der Waals surface area contributed by atoms with Gasteiger partial charge < -0.3 is 15.4 Å². The zero-order valence-electron chi connectivity index (χ0n) is 12.8. The van der Waals surface area contributed by atoms with Crippen LogP contribution in [0.15, 0.2) is 24.4 Å². The van der Waals surface area contributed by atoms with Crippen LogP contribution in [0, 0.1) is 0 Å². The largest absolute Gasteiger partial charge is 0.481 e. The number of rotatable bonds is 4. The second-order valence-corrected chi connectivity index (χ2v) is 6.03. The summed E-state index contributed by atoms with van der Waals surface area (Å²) in [4.78, 5) is 14.0. The average molecular weight is 299 g/mol. The van der Waals surface area contributed by atoms with Gasteiger partial charge in [-0.2, -0.15) is 0 Å². The summed E-state index contributed by atoms with van der Waals surface area (Å²) in [5.74, 6) is 0.635. The first-order chi connectivity index (χ1) is 10.8. The Morgan fingerprint density at radius 2 is 2.18 bits per heavy atom. The van der Waals surface area contributed by atoms with Crippen LogP contribution in [0.1, 0.15) is 6.42 Å². The number of anilines is 1. The van der Waals surface area contributed by atoms with Crippen molar-refractivity contribution in [1.29, 1.82) is 0 Å². The Bertz CT molecular complexity index is 691. The number of nitrogens with two attached hydrogens (primary N) is 1. The number of hydrogen-bond acceptors (Lipinski definition) is 6. The van der Waals surface area contributed by atoms with Crippen molar-refractivity contribution in [3.8, 4) is 5.88 Å². The van der Waals surface area contributed by atoms with E-state index in [-0.39, 0.29) is 0 Å². The molecule has 2 unspecified atom stereocenters. The Hall–Kier alpha value is -1.92. The van der Waals surface area contributed by atoms with Gasteiger partial charge in [0.25, 0.3) is 0 Å². The van der Waals surface area contributed by atoms with Crippen molar-refractivity contribution in [1.82, 2.24) is 14.9 Å². The number of methoxy groups -OCH3 is 1. The molecule has 6 heteroatoms. The van der Waals surface area contributed by atoms with E-state index in [4.69, 9.17) is 10.5 Å². The molecule has 2 fully saturated rings. The van der Waals surface area contributed by atoms with Gasteiger partial charge in [0.2, 0.25) is 5.88 Å². The van der Waals surface area contributed by atoms with Crippen LogP contribution in [-0.2, 0) is 0 Å². The van der Waals surface area contributed by atoms with Crippen LogP contribution in [0.5, 0.6) is 5.88 Å². The number of piperazine rings is 1. The maximum absolute atomic E-state index is 5.70. The van der Waals surface area contributed by atoms with Gasteiger partial charge in [-0.25, -0.2) is 4.98 Å². The fraction of sp³-hybridized carbons (Fsp3) is 0.500. The van der Waals surface area contributed by atoms with Gasteiger partial charge in [0.1, 0.15) is 5.52 Å². The van der Waals surface area contributed by atoms with Gasteiger partial charge in [0, 0.05) is 50.5 Å². The van der Waals surface area contributed by atoms with Gasteiger partial charge in [-0.15, -0.1) is 0 Å². The molecule has 2 aliphatic heterocycles. The highest BCUT2D eigenvalue weighted by Gasteiger charge is 2.43. The molecule has 2 aromatic heterocycles. The number of aromatic nitrogens is 2. The van der Waals surface area contributed by atoms with E-state index in [1.54, 1.807) is 7.11 Å². The summed E-state index contributed by atoms with van der Waals surface area (Å²) < 4.78 is 5.27. The molecule has 0 spiro atoms. The molecule has 4 heterocycles. The molecule has 4 rings (SSSR count). The van der Waals surface area contributed by atoms with E-state index in [1.165, 1.54) is 12.1 Å². The quantitative estimate of drug-likeness (QED) is 0.903. The molecule has 2 N–H and O–H groups in total. The summed E-state index contributed by atoms with van der Waals surface area (Å²) in [6, 6.07) is 7.07. The van der Waals surface area contributed by atoms with Gasteiger partial charge >= 0.3 is 0 Å². The molecule has 6 nitrogen and oxygen atoms in total. The number of ether oxygens (including phenoxy) is 1. The zero-order valence-corrected chi connectivity index (χ0v) is 12.8. The van der Waals surface area contributed by atoms with Crippen LogP contribution in [0.25, 0.3) is 11.0 Å². The molecule has 2 aromatic rings. The molecular formula is C16H21N5O. The summed E-state index contributed by atoms with van der Waals surface area (Å²) in [5.41, 5.74) is 8.72. The van der Waals surface area contributed by atoms with Crippen molar-refractivity contribution in [3.63, 3.8) is 0 Å². The summed E-state index contributed by atoms with van der Waals surface area (Å²) >= 11 is 0. The van der Waals surface area contributed by atoms with E-state index in [1.807, 2.05) is 18.3 Å². The van der Waals surface area contributed by atoms with Crippen LogP contribution in [0.2, 0.25) is 0 Å². The summed E-state index contributed by atoms with van der Waals surface area (Å²) in [6.45, 7) is 3.87. The SMILES string of the molecule is COc1ccc2nccc(N3CC4CC3CN4CCN)c2n1. The number of likely N-dealkylation sites (tertiary alicyclic amines) is 1. The monoisotopic (exact) mass is 299 g/mol. The Balaban J connectivity index is 1.68.